The Labute approximate surface area is 84.5 Å². The molecule has 5 heteroatoms. The number of H-pyrrole nitrogens is 1. The summed E-state index contributed by atoms with van der Waals surface area (Å²) in [6.45, 7) is 3.72. The lowest BCUT2D eigenvalue weighted by Gasteiger charge is -2.20. The lowest BCUT2D eigenvalue weighted by atomic mass is 9.86. The summed E-state index contributed by atoms with van der Waals surface area (Å²) in [5.41, 5.74) is 0.385. The molecule has 4 nitrogen and oxygen atoms in total. The highest BCUT2D eigenvalue weighted by Gasteiger charge is 2.27. The monoisotopic (exact) mass is 246 g/mol. The average molecular weight is 247 g/mol. The molecular formula is C8H11BrN2O2. The number of aromatic amines is 1. The molecule has 0 bridgehead atoms. The zero-order chi connectivity index (χ0) is 10.1. The fourth-order valence-corrected chi connectivity index (χ4v) is 1.94. The van der Waals surface area contributed by atoms with E-state index in [1.807, 2.05) is 13.8 Å². The number of rotatable bonds is 3. The molecule has 0 spiro atoms. The first-order valence-corrected chi connectivity index (χ1v) is 4.64. The van der Waals surface area contributed by atoms with E-state index in [2.05, 4.69) is 26.1 Å². The van der Waals surface area contributed by atoms with Gasteiger partial charge in [0.25, 0.3) is 0 Å². The summed E-state index contributed by atoms with van der Waals surface area (Å²) in [4.78, 5) is 10.6. The van der Waals surface area contributed by atoms with Crippen molar-refractivity contribution in [3.8, 4) is 0 Å². The lowest BCUT2D eigenvalue weighted by Crippen LogP contribution is -2.22. The Bertz CT molecular complexity index is 320. The SMILES string of the molecule is CC(C)(CC(=O)O)c1[nH]ncc1Br. The molecule has 1 heterocycles. The Morgan fingerprint density at radius 2 is 2.38 bits per heavy atom. The average Bonchev–Trinajstić information content (AvgIpc) is 2.32. The van der Waals surface area contributed by atoms with Crippen molar-refractivity contribution in [2.24, 2.45) is 0 Å². The summed E-state index contributed by atoms with van der Waals surface area (Å²) in [5.74, 6) is -0.813. The van der Waals surface area contributed by atoms with E-state index >= 15 is 0 Å². The van der Waals surface area contributed by atoms with Crippen molar-refractivity contribution in [2.75, 3.05) is 0 Å². The van der Waals surface area contributed by atoms with Crippen LogP contribution in [0.3, 0.4) is 0 Å². The van der Waals surface area contributed by atoms with Crippen molar-refractivity contribution in [1.82, 2.24) is 10.2 Å². The Kier molecular flexibility index (Phi) is 2.75. The van der Waals surface area contributed by atoms with Gasteiger partial charge in [-0.05, 0) is 15.9 Å². The lowest BCUT2D eigenvalue weighted by molar-refractivity contribution is -0.138. The minimum absolute atomic E-state index is 0.0772. The van der Waals surface area contributed by atoms with Crippen molar-refractivity contribution in [1.29, 1.82) is 0 Å². The normalized spacial score (nSPS) is 11.6. The fourth-order valence-electron chi connectivity index (χ4n) is 1.21. The van der Waals surface area contributed by atoms with Crippen LogP contribution in [0.15, 0.2) is 10.7 Å². The molecule has 1 rings (SSSR count). The standard InChI is InChI=1S/C8H11BrN2O2/c1-8(2,3-6(12)13)7-5(9)4-10-11-7/h4H,3H2,1-2H3,(H,10,11)(H,12,13). The van der Waals surface area contributed by atoms with Crippen molar-refractivity contribution >= 4 is 21.9 Å². The maximum absolute atomic E-state index is 10.6. The van der Waals surface area contributed by atoms with E-state index < -0.39 is 11.4 Å². The van der Waals surface area contributed by atoms with Crippen molar-refractivity contribution in [3.63, 3.8) is 0 Å². The van der Waals surface area contributed by atoms with Crippen LogP contribution in [0, 0.1) is 0 Å². The quantitative estimate of drug-likeness (QED) is 0.857. The molecule has 0 amide bonds. The van der Waals surface area contributed by atoms with Gasteiger partial charge in [-0.2, -0.15) is 5.10 Å². The molecule has 0 aliphatic rings. The second-order valence-electron chi connectivity index (χ2n) is 3.55. The number of nitrogens with one attached hydrogen (secondary N) is 1. The number of hydrogen-bond acceptors (Lipinski definition) is 2. The van der Waals surface area contributed by atoms with Gasteiger partial charge in [0.2, 0.25) is 0 Å². The molecule has 1 aromatic rings. The molecule has 72 valence electrons. The number of halogens is 1. The van der Waals surface area contributed by atoms with Crippen molar-refractivity contribution in [2.45, 2.75) is 25.7 Å². The van der Waals surface area contributed by atoms with Crippen LogP contribution in [0.4, 0.5) is 0 Å². The van der Waals surface area contributed by atoms with Crippen LogP contribution in [0.2, 0.25) is 0 Å². The van der Waals surface area contributed by atoms with Crippen LogP contribution in [0.5, 0.6) is 0 Å². The largest absolute Gasteiger partial charge is 0.481 e. The highest BCUT2D eigenvalue weighted by molar-refractivity contribution is 9.10. The number of aromatic nitrogens is 2. The Balaban J connectivity index is 2.93. The molecule has 0 saturated carbocycles. The third kappa shape index (κ3) is 2.30. The minimum Gasteiger partial charge on any atom is -0.481 e. The van der Waals surface area contributed by atoms with Crippen LogP contribution in [0.25, 0.3) is 0 Å². The highest BCUT2D eigenvalue weighted by atomic mass is 79.9. The molecule has 13 heavy (non-hydrogen) atoms. The first kappa shape index (κ1) is 10.2. The third-order valence-electron chi connectivity index (χ3n) is 1.86. The molecular weight excluding hydrogens is 236 g/mol. The summed E-state index contributed by atoms with van der Waals surface area (Å²) in [6.07, 6.45) is 1.70. The molecule has 1 aromatic heterocycles. The Morgan fingerprint density at radius 1 is 1.77 bits per heavy atom. The molecule has 2 N–H and O–H groups in total. The van der Waals surface area contributed by atoms with E-state index in [9.17, 15) is 4.79 Å². The van der Waals surface area contributed by atoms with E-state index in [1.165, 1.54) is 0 Å². The van der Waals surface area contributed by atoms with Crippen molar-refractivity contribution < 1.29 is 9.90 Å². The molecule has 0 aliphatic carbocycles. The molecule has 0 aliphatic heterocycles. The van der Waals surface area contributed by atoms with Gasteiger partial charge in [-0.3, -0.25) is 9.89 Å². The highest BCUT2D eigenvalue weighted by Crippen LogP contribution is 2.30. The van der Waals surface area contributed by atoms with E-state index in [0.717, 1.165) is 10.2 Å². The van der Waals surface area contributed by atoms with Gasteiger partial charge in [0.1, 0.15) is 0 Å². The van der Waals surface area contributed by atoms with Gasteiger partial charge >= 0.3 is 5.97 Å². The third-order valence-corrected chi connectivity index (χ3v) is 2.46. The summed E-state index contributed by atoms with van der Waals surface area (Å²) in [6, 6.07) is 0. The smallest absolute Gasteiger partial charge is 0.304 e. The second-order valence-corrected chi connectivity index (χ2v) is 4.40. The zero-order valence-corrected chi connectivity index (χ0v) is 9.05. The van der Waals surface area contributed by atoms with Crippen LogP contribution in [0.1, 0.15) is 26.0 Å². The van der Waals surface area contributed by atoms with Crippen LogP contribution >= 0.6 is 15.9 Å². The fraction of sp³-hybridized carbons (Fsp3) is 0.500. The zero-order valence-electron chi connectivity index (χ0n) is 7.47. The molecule has 0 fully saturated rings. The summed E-state index contributed by atoms with van der Waals surface area (Å²) in [7, 11) is 0. The molecule has 0 saturated heterocycles. The number of hydrogen-bond donors (Lipinski definition) is 2. The van der Waals surface area contributed by atoms with Gasteiger partial charge in [0.05, 0.1) is 22.8 Å². The predicted octanol–water partition coefficient (Wildman–Crippen LogP) is 1.92. The second kappa shape index (κ2) is 3.49. The molecule has 0 atom stereocenters. The number of carbonyl (C=O) groups is 1. The van der Waals surface area contributed by atoms with Crippen molar-refractivity contribution in [3.05, 3.63) is 16.4 Å². The number of carboxylic acids is 1. The van der Waals surface area contributed by atoms with E-state index in [-0.39, 0.29) is 6.42 Å². The number of carboxylic acid groups (broad SMARTS) is 1. The van der Waals surface area contributed by atoms with Gasteiger partial charge in [-0.1, -0.05) is 13.8 Å². The van der Waals surface area contributed by atoms with Crippen LogP contribution in [-0.4, -0.2) is 21.3 Å². The van der Waals surface area contributed by atoms with Gasteiger partial charge in [-0.25, -0.2) is 0 Å². The number of nitrogens with zero attached hydrogens (tertiary/aromatic N) is 1. The summed E-state index contributed by atoms with van der Waals surface area (Å²) >= 11 is 3.31. The van der Waals surface area contributed by atoms with Gasteiger partial charge in [-0.15, -0.1) is 0 Å². The van der Waals surface area contributed by atoms with Crippen LogP contribution in [-0.2, 0) is 10.2 Å². The minimum atomic E-state index is -0.813. The van der Waals surface area contributed by atoms with Gasteiger partial charge in [0.15, 0.2) is 0 Å². The molecule has 0 aromatic carbocycles. The topological polar surface area (TPSA) is 66.0 Å². The first-order chi connectivity index (χ1) is 5.93. The van der Waals surface area contributed by atoms with Gasteiger partial charge < -0.3 is 5.11 Å². The first-order valence-electron chi connectivity index (χ1n) is 3.84. The Morgan fingerprint density at radius 3 is 2.77 bits per heavy atom. The van der Waals surface area contributed by atoms with E-state index in [4.69, 9.17) is 5.11 Å². The summed E-state index contributed by atoms with van der Waals surface area (Å²) in [5, 5.41) is 15.3. The van der Waals surface area contributed by atoms with E-state index in [1.54, 1.807) is 6.20 Å². The molecule has 0 unspecified atom stereocenters. The Hall–Kier alpha value is -0.840. The van der Waals surface area contributed by atoms with Gasteiger partial charge in [0, 0.05) is 5.41 Å². The van der Waals surface area contributed by atoms with Crippen LogP contribution < -0.4 is 0 Å². The maximum Gasteiger partial charge on any atom is 0.304 e. The van der Waals surface area contributed by atoms with E-state index in [0.29, 0.717) is 0 Å². The number of aliphatic carboxylic acids is 1. The predicted molar refractivity (Wildman–Crippen MR) is 51.6 cm³/mol. The molecule has 0 radical (unpaired) electrons. The maximum atomic E-state index is 10.6. The summed E-state index contributed by atoms with van der Waals surface area (Å²) < 4.78 is 0.818.